The minimum Gasteiger partial charge on any atom is -0.388 e. The molecule has 1 atom stereocenters. The maximum absolute atomic E-state index is 12.6. The molecule has 126 valence electrons. The lowest BCUT2D eigenvalue weighted by Gasteiger charge is -2.39. The zero-order valence-corrected chi connectivity index (χ0v) is 13.9. The second kappa shape index (κ2) is 6.83. The minimum atomic E-state index is -0.893. The molecule has 1 N–H and O–H groups in total. The van der Waals surface area contributed by atoms with Crippen molar-refractivity contribution in [3.8, 4) is 0 Å². The van der Waals surface area contributed by atoms with Gasteiger partial charge >= 0.3 is 0 Å². The van der Waals surface area contributed by atoms with E-state index in [2.05, 4.69) is 16.3 Å². The van der Waals surface area contributed by atoms with E-state index < -0.39 is 5.60 Å². The van der Waals surface area contributed by atoms with E-state index in [0.717, 1.165) is 31.6 Å². The Morgan fingerprint density at radius 2 is 2.26 bits per heavy atom. The number of allylic oxidation sites excluding steroid dienone is 1. The van der Waals surface area contributed by atoms with Gasteiger partial charge in [-0.15, -0.1) is 10.2 Å². The molecule has 1 amide bonds. The summed E-state index contributed by atoms with van der Waals surface area (Å²) in [4.78, 5) is 14.4. The van der Waals surface area contributed by atoms with Gasteiger partial charge in [0.05, 0.1) is 5.60 Å². The Morgan fingerprint density at radius 3 is 2.96 bits per heavy atom. The van der Waals surface area contributed by atoms with Crippen LogP contribution in [0.5, 0.6) is 0 Å². The number of hydrogen-bond acceptors (Lipinski definition) is 4. The Bertz CT molecular complexity index is 595. The molecule has 0 saturated carbocycles. The normalized spacial score (nSPS) is 25.3. The Kier molecular flexibility index (Phi) is 4.80. The number of carbonyl (C=O) groups is 1. The highest BCUT2D eigenvalue weighted by atomic mass is 16.3. The van der Waals surface area contributed by atoms with E-state index in [4.69, 9.17) is 0 Å². The molecule has 2 heterocycles. The van der Waals surface area contributed by atoms with E-state index in [1.165, 1.54) is 18.4 Å². The van der Waals surface area contributed by atoms with E-state index in [1.54, 1.807) is 6.33 Å². The summed E-state index contributed by atoms with van der Waals surface area (Å²) < 4.78 is 1.82. The zero-order valence-electron chi connectivity index (χ0n) is 13.9. The molecule has 1 fully saturated rings. The van der Waals surface area contributed by atoms with Crippen LogP contribution in [-0.2, 0) is 18.3 Å². The highest BCUT2D eigenvalue weighted by Crippen LogP contribution is 2.27. The Hall–Kier alpha value is -1.69. The number of nitrogens with zero attached hydrogens (tertiary/aromatic N) is 4. The summed E-state index contributed by atoms with van der Waals surface area (Å²) in [7, 11) is 1.87. The van der Waals surface area contributed by atoms with Crippen molar-refractivity contribution < 1.29 is 9.90 Å². The maximum atomic E-state index is 12.6. The quantitative estimate of drug-likeness (QED) is 0.856. The van der Waals surface area contributed by atoms with Gasteiger partial charge in [-0.1, -0.05) is 11.6 Å². The summed E-state index contributed by atoms with van der Waals surface area (Å²) in [5, 5.41) is 18.8. The predicted octanol–water partition coefficient (Wildman–Crippen LogP) is 1.60. The fraction of sp³-hybridized carbons (Fsp3) is 0.706. The summed E-state index contributed by atoms with van der Waals surface area (Å²) in [6, 6.07) is 0. The molecule has 1 aromatic heterocycles. The standard InChI is InChI=1S/C17H26N4O2/c1-20-13-18-19-15(20)11-17(23)8-5-9-21(12-17)16(22)10-14-6-3-2-4-7-14/h6,13,23H,2-5,7-12H2,1H3. The van der Waals surface area contributed by atoms with Gasteiger partial charge in [0.15, 0.2) is 0 Å². The van der Waals surface area contributed by atoms with Gasteiger partial charge in [0.2, 0.25) is 5.91 Å². The zero-order chi connectivity index (χ0) is 16.3. The van der Waals surface area contributed by atoms with Crippen molar-refractivity contribution in [2.24, 2.45) is 7.05 Å². The van der Waals surface area contributed by atoms with Gasteiger partial charge < -0.3 is 14.6 Å². The summed E-state index contributed by atoms with van der Waals surface area (Å²) in [6.45, 7) is 1.14. The molecule has 6 nitrogen and oxygen atoms in total. The fourth-order valence-corrected chi connectivity index (χ4v) is 3.60. The largest absolute Gasteiger partial charge is 0.388 e. The summed E-state index contributed by atoms with van der Waals surface area (Å²) in [5.74, 6) is 0.908. The fourth-order valence-electron chi connectivity index (χ4n) is 3.60. The molecule has 0 spiro atoms. The van der Waals surface area contributed by atoms with Gasteiger partial charge in [-0.2, -0.15) is 0 Å². The van der Waals surface area contributed by atoms with Crippen LogP contribution >= 0.6 is 0 Å². The summed E-state index contributed by atoms with van der Waals surface area (Å²) in [5.41, 5.74) is 0.374. The van der Waals surface area contributed by atoms with E-state index in [0.29, 0.717) is 25.8 Å². The van der Waals surface area contributed by atoms with Crippen molar-refractivity contribution in [1.82, 2.24) is 19.7 Å². The van der Waals surface area contributed by atoms with Crippen LogP contribution in [0.3, 0.4) is 0 Å². The molecule has 1 saturated heterocycles. The number of likely N-dealkylation sites (tertiary alicyclic amines) is 1. The van der Waals surface area contributed by atoms with Crippen LogP contribution in [0.15, 0.2) is 18.0 Å². The van der Waals surface area contributed by atoms with Crippen molar-refractivity contribution >= 4 is 5.91 Å². The number of hydrogen-bond donors (Lipinski definition) is 1. The van der Waals surface area contributed by atoms with Gasteiger partial charge in [0.1, 0.15) is 12.2 Å². The maximum Gasteiger partial charge on any atom is 0.226 e. The molecule has 1 aliphatic carbocycles. The van der Waals surface area contributed by atoms with Crippen LogP contribution in [-0.4, -0.2) is 49.4 Å². The number of β-amino-alcohol motifs (C(OH)–C–C–N with tert-alkyl or cyclic N) is 1. The third-order valence-corrected chi connectivity index (χ3v) is 4.96. The molecule has 0 aromatic carbocycles. The number of carbonyl (C=O) groups excluding carboxylic acids is 1. The first-order valence-corrected chi connectivity index (χ1v) is 8.57. The first kappa shape index (κ1) is 16.2. The second-order valence-electron chi connectivity index (χ2n) is 6.96. The lowest BCUT2D eigenvalue weighted by atomic mass is 9.88. The molecule has 0 bridgehead atoms. The first-order chi connectivity index (χ1) is 11.1. The SMILES string of the molecule is Cn1cnnc1CC1(O)CCCN(C(=O)CC2=CCCCC2)C1. The highest BCUT2D eigenvalue weighted by molar-refractivity contribution is 5.79. The van der Waals surface area contributed by atoms with Gasteiger partial charge in [-0.25, -0.2) is 0 Å². The van der Waals surface area contributed by atoms with Crippen molar-refractivity contribution in [3.63, 3.8) is 0 Å². The smallest absolute Gasteiger partial charge is 0.226 e. The Labute approximate surface area is 137 Å². The van der Waals surface area contributed by atoms with Crippen LogP contribution in [0.25, 0.3) is 0 Å². The van der Waals surface area contributed by atoms with Crippen LogP contribution in [0.2, 0.25) is 0 Å². The van der Waals surface area contributed by atoms with Crippen LogP contribution < -0.4 is 0 Å². The van der Waals surface area contributed by atoms with Crippen LogP contribution in [0.1, 0.15) is 50.8 Å². The third kappa shape index (κ3) is 3.99. The first-order valence-electron chi connectivity index (χ1n) is 8.57. The second-order valence-corrected chi connectivity index (χ2v) is 6.96. The van der Waals surface area contributed by atoms with Crippen LogP contribution in [0, 0.1) is 0 Å². The molecule has 23 heavy (non-hydrogen) atoms. The predicted molar refractivity (Wildman–Crippen MR) is 86.6 cm³/mol. The van der Waals surface area contributed by atoms with E-state index in [1.807, 2.05) is 16.5 Å². The van der Waals surface area contributed by atoms with Crippen molar-refractivity contribution in [3.05, 3.63) is 23.8 Å². The average Bonchev–Trinajstić information content (AvgIpc) is 2.93. The molecule has 1 unspecified atom stereocenters. The van der Waals surface area contributed by atoms with Gasteiger partial charge in [-0.3, -0.25) is 4.79 Å². The van der Waals surface area contributed by atoms with E-state index >= 15 is 0 Å². The van der Waals surface area contributed by atoms with E-state index in [9.17, 15) is 9.90 Å². The molecule has 0 radical (unpaired) electrons. The Balaban J connectivity index is 1.61. The molecular formula is C17H26N4O2. The Morgan fingerprint density at radius 1 is 1.39 bits per heavy atom. The van der Waals surface area contributed by atoms with Gasteiger partial charge in [-0.05, 0) is 38.5 Å². The number of rotatable bonds is 4. The van der Waals surface area contributed by atoms with E-state index in [-0.39, 0.29) is 5.91 Å². The lowest BCUT2D eigenvalue weighted by molar-refractivity contribution is -0.137. The molecular weight excluding hydrogens is 292 g/mol. The van der Waals surface area contributed by atoms with Crippen molar-refractivity contribution in [2.45, 2.75) is 57.0 Å². The van der Waals surface area contributed by atoms with Gasteiger partial charge in [0, 0.05) is 33.0 Å². The van der Waals surface area contributed by atoms with Crippen molar-refractivity contribution in [1.29, 1.82) is 0 Å². The lowest BCUT2D eigenvalue weighted by Crippen LogP contribution is -2.51. The van der Waals surface area contributed by atoms with Crippen molar-refractivity contribution in [2.75, 3.05) is 13.1 Å². The number of aryl methyl sites for hydroxylation is 1. The molecule has 3 rings (SSSR count). The monoisotopic (exact) mass is 318 g/mol. The summed E-state index contributed by atoms with van der Waals surface area (Å²) >= 11 is 0. The topological polar surface area (TPSA) is 71.2 Å². The number of aromatic nitrogens is 3. The molecule has 2 aliphatic rings. The molecule has 6 heteroatoms. The van der Waals surface area contributed by atoms with Crippen LogP contribution in [0.4, 0.5) is 0 Å². The molecule has 1 aliphatic heterocycles. The third-order valence-electron chi connectivity index (χ3n) is 4.96. The number of aliphatic hydroxyl groups is 1. The average molecular weight is 318 g/mol. The minimum absolute atomic E-state index is 0.147. The highest BCUT2D eigenvalue weighted by Gasteiger charge is 2.36. The summed E-state index contributed by atoms with van der Waals surface area (Å²) in [6.07, 6.45) is 10.9. The van der Waals surface area contributed by atoms with Gasteiger partial charge in [0.25, 0.3) is 0 Å². The number of amides is 1. The molecule has 1 aromatic rings. The number of piperidine rings is 1.